The molecule has 1 saturated heterocycles. The highest BCUT2D eigenvalue weighted by atomic mass is 16.5. The van der Waals surface area contributed by atoms with Gasteiger partial charge >= 0.3 is 0 Å². The highest BCUT2D eigenvalue weighted by Gasteiger charge is 2.31. The Morgan fingerprint density at radius 2 is 1.88 bits per heavy atom. The zero-order chi connectivity index (χ0) is 12.1. The normalized spacial score (nSPS) is 36.7. The monoisotopic (exact) mass is 240 g/mol. The molecule has 1 N–H and O–H groups in total. The second-order valence-corrected chi connectivity index (χ2v) is 5.91. The minimum atomic E-state index is -0.122. The van der Waals surface area contributed by atoms with Crippen LogP contribution in [0.25, 0.3) is 0 Å². The van der Waals surface area contributed by atoms with Gasteiger partial charge in [-0.1, -0.05) is 32.6 Å². The lowest BCUT2D eigenvalue weighted by molar-refractivity contribution is -0.0411. The van der Waals surface area contributed by atoms with Crippen molar-refractivity contribution in [1.82, 2.24) is 0 Å². The van der Waals surface area contributed by atoms with Crippen molar-refractivity contribution >= 4 is 0 Å². The summed E-state index contributed by atoms with van der Waals surface area (Å²) < 4.78 is 5.75. The van der Waals surface area contributed by atoms with Crippen molar-refractivity contribution < 1.29 is 9.84 Å². The third-order valence-electron chi connectivity index (χ3n) is 4.76. The van der Waals surface area contributed by atoms with Crippen LogP contribution in [-0.4, -0.2) is 23.9 Å². The first-order valence-electron chi connectivity index (χ1n) is 7.61. The summed E-state index contributed by atoms with van der Waals surface area (Å²) in [6, 6.07) is 0. The zero-order valence-electron chi connectivity index (χ0n) is 11.2. The van der Waals surface area contributed by atoms with Crippen LogP contribution < -0.4 is 0 Å². The molecule has 2 nitrogen and oxygen atoms in total. The van der Waals surface area contributed by atoms with E-state index >= 15 is 0 Å². The summed E-state index contributed by atoms with van der Waals surface area (Å²) in [4.78, 5) is 0. The molecule has 0 aromatic heterocycles. The number of hydrogen-bond donors (Lipinski definition) is 1. The summed E-state index contributed by atoms with van der Waals surface area (Å²) in [5.74, 6) is 1.29. The molecule has 1 aliphatic heterocycles. The SMILES string of the molecule is CCC1CCCCC1C(O)CC1CCCCO1. The third-order valence-corrected chi connectivity index (χ3v) is 4.76. The largest absolute Gasteiger partial charge is 0.393 e. The number of aliphatic hydroxyl groups excluding tert-OH is 1. The molecular formula is C15H28O2. The van der Waals surface area contributed by atoms with Gasteiger partial charge in [-0.25, -0.2) is 0 Å². The Morgan fingerprint density at radius 1 is 1.12 bits per heavy atom. The Bertz CT molecular complexity index is 211. The van der Waals surface area contributed by atoms with Gasteiger partial charge in [-0.05, 0) is 43.9 Å². The van der Waals surface area contributed by atoms with Gasteiger partial charge in [0.1, 0.15) is 0 Å². The Labute approximate surface area is 106 Å². The van der Waals surface area contributed by atoms with Crippen molar-refractivity contribution in [2.75, 3.05) is 6.61 Å². The van der Waals surface area contributed by atoms with E-state index in [1.807, 2.05) is 0 Å². The molecule has 2 fully saturated rings. The fourth-order valence-electron chi connectivity index (χ4n) is 3.69. The third kappa shape index (κ3) is 3.69. The highest BCUT2D eigenvalue weighted by molar-refractivity contribution is 4.82. The molecule has 4 unspecified atom stereocenters. The molecule has 4 atom stereocenters. The van der Waals surface area contributed by atoms with Crippen LogP contribution in [0, 0.1) is 11.8 Å². The number of aliphatic hydroxyl groups is 1. The summed E-state index contributed by atoms with van der Waals surface area (Å²) in [5.41, 5.74) is 0. The van der Waals surface area contributed by atoms with Crippen molar-refractivity contribution in [3.63, 3.8) is 0 Å². The minimum Gasteiger partial charge on any atom is -0.393 e. The molecule has 100 valence electrons. The van der Waals surface area contributed by atoms with E-state index in [-0.39, 0.29) is 6.10 Å². The molecule has 0 aromatic carbocycles. The predicted molar refractivity (Wildman–Crippen MR) is 70.0 cm³/mol. The number of ether oxygens (including phenoxy) is 1. The van der Waals surface area contributed by atoms with Crippen molar-refractivity contribution in [2.24, 2.45) is 11.8 Å². The van der Waals surface area contributed by atoms with Gasteiger partial charge < -0.3 is 9.84 Å². The van der Waals surface area contributed by atoms with Crippen LogP contribution in [0.1, 0.15) is 64.7 Å². The summed E-state index contributed by atoms with van der Waals surface area (Å²) in [5, 5.41) is 10.4. The second-order valence-electron chi connectivity index (χ2n) is 5.91. The van der Waals surface area contributed by atoms with E-state index in [4.69, 9.17) is 4.74 Å². The van der Waals surface area contributed by atoms with E-state index in [0.717, 1.165) is 25.4 Å². The summed E-state index contributed by atoms with van der Waals surface area (Å²) in [6.07, 6.45) is 11.2. The van der Waals surface area contributed by atoms with Gasteiger partial charge in [-0.15, -0.1) is 0 Å². The molecule has 2 aliphatic rings. The van der Waals surface area contributed by atoms with E-state index in [1.54, 1.807) is 0 Å². The first-order chi connectivity index (χ1) is 8.31. The Kier molecular flexibility index (Phi) is 5.30. The first-order valence-corrected chi connectivity index (χ1v) is 7.61. The van der Waals surface area contributed by atoms with Crippen molar-refractivity contribution in [1.29, 1.82) is 0 Å². The minimum absolute atomic E-state index is 0.122. The Hall–Kier alpha value is -0.0800. The van der Waals surface area contributed by atoms with Crippen LogP contribution in [-0.2, 0) is 4.74 Å². The van der Waals surface area contributed by atoms with Crippen LogP contribution in [0.5, 0.6) is 0 Å². The smallest absolute Gasteiger partial charge is 0.0599 e. The van der Waals surface area contributed by atoms with Crippen LogP contribution in [0.3, 0.4) is 0 Å². The summed E-state index contributed by atoms with van der Waals surface area (Å²) in [6.45, 7) is 3.17. The molecule has 2 rings (SSSR count). The standard InChI is InChI=1S/C15H28O2/c1-2-12-7-3-4-9-14(12)15(16)11-13-8-5-6-10-17-13/h12-16H,2-11H2,1H3. The topological polar surface area (TPSA) is 29.5 Å². The van der Waals surface area contributed by atoms with Crippen molar-refractivity contribution in [3.8, 4) is 0 Å². The summed E-state index contributed by atoms with van der Waals surface area (Å²) in [7, 11) is 0. The van der Waals surface area contributed by atoms with Crippen molar-refractivity contribution in [3.05, 3.63) is 0 Å². The lowest BCUT2D eigenvalue weighted by atomic mass is 9.73. The average Bonchev–Trinajstić information content (AvgIpc) is 2.40. The van der Waals surface area contributed by atoms with E-state index in [9.17, 15) is 5.11 Å². The molecule has 0 spiro atoms. The quantitative estimate of drug-likeness (QED) is 0.814. The van der Waals surface area contributed by atoms with Gasteiger partial charge in [0.05, 0.1) is 12.2 Å². The predicted octanol–water partition coefficient (Wildman–Crippen LogP) is 3.52. The second kappa shape index (κ2) is 6.75. The zero-order valence-corrected chi connectivity index (χ0v) is 11.2. The number of rotatable bonds is 4. The van der Waals surface area contributed by atoms with Crippen LogP contribution in [0.2, 0.25) is 0 Å². The van der Waals surface area contributed by atoms with E-state index in [0.29, 0.717) is 12.0 Å². The van der Waals surface area contributed by atoms with E-state index in [1.165, 1.54) is 44.9 Å². The van der Waals surface area contributed by atoms with Gasteiger partial charge in [0.2, 0.25) is 0 Å². The molecule has 0 amide bonds. The molecule has 17 heavy (non-hydrogen) atoms. The lowest BCUT2D eigenvalue weighted by Gasteiger charge is -2.36. The average molecular weight is 240 g/mol. The number of hydrogen-bond acceptors (Lipinski definition) is 2. The maximum Gasteiger partial charge on any atom is 0.0599 e. The Morgan fingerprint density at radius 3 is 2.59 bits per heavy atom. The van der Waals surface area contributed by atoms with E-state index < -0.39 is 0 Å². The molecule has 1 heterocycles. The first kappa shape index (κ1) is 13.4. The van der Waals surface area contributed by atoms with Crippen molar-refractivity contribution in [2.45, 2.75) is 76.9 Å². The molecule has 1 saturated carbocycles. The molecule has 0 bridgehead atoms. The highest BCUT2D eigenvalue weighted by Crippen LogP contribution is 2.36. The Balaban J connectivity index is 1.82. The maximum absolute atomic E-state index is 10.4. The molecule has 0 radical (unpaired) electrons. The van der Waals surface area contributed by atoms with Crippen LogP contribution >= 0.6 is 0 Å². The van der Waals surface area contributed by atoms with Gasteiger partial charge in [-0.2, -0.15) is 0 Å². The van der Waals surface area contributed by atoms with Gasteiger partial charge in [0.15, 0.2) is 0 Å². The maximum atomic E-state index is 10.4. The molecule has 2 heteroatoms. The van der Waals surface area contributed by atoms with Gasteiger partial charge in [-0.3, -0.25) is 0 Å². The van der Waals surface area contributed by atoms with E-state index in [2.05, 4.69) is 6.92 Å². The molecular weight excluding hydrogens is 212 g/mol. The fourth-order valence-corrected chi connectivity index (χ4v) is 3.69. The van der Waals surface area contributed by atoms with Gasteiger partial charge in [0.25, 0.3) is 0 Å². The molecule has 0 aromatic rings. The molecule has 1 aliphatic carbocycles. The fraction of sp³-hybridized carbons (Fsp3) is 1.00. The van der Waals surface area contributed by atoms with Gasteiger partial charge in [0, 0.05) is 6.61 Å². The summed E-state index contributed by atoms with van der Waals surface area (Å²) >= 11 is 0. The van der Waals surface area contributed by atoms with Crippen LogP contribution in [0.4, 0.5) is 0 Å². The van der Waals surface area contributed by atoms with Crippen LogP contribution in [0.15, 0.2) is 0 Å². The lowest BCUT2D eigenvalue weighted by Crippen LogP contribution is -2.34.